The normalized spacial score (nSPS) is 10.1. The minimum atomic E-state index is -1.29. The molecule has 0 unspecified atom stereocenters. The summed E-state index contributed by atoms with van der Waals surface area (Å²) in [6.45, 7) is 0. The van der Waals surface area contributed by atoms with E-state index in [1.165, 1.54) is 29.4 Å². The highest BCUT2D eigenvalue weighted by molar-refractivity contribution is 9.10. The summed E-state index contributed by atoms with van der Waals surface area (Å²) in [6.07, 6.45) is 4.34. The first-order chi connectivity index (χ1) is 8.58. The predicted octanol–water partition coefficient (Wildman–Crippen LogP) is 1.61. The maximum atomic E-state index is 11.8. The Bertz CT molecular complexity index is 595. The topological polar surface area (TPSA) is 81.4 Å². The first-order valence-corrected chi connectivity index (χ1v) is 5.61. The molecule has 6 nitrogen and oxygen atoms in total. The lowest BCUT2D eigenvalue weighted by Crippen LogP contribution is -2.21. The number of aromatic carboxylic acids is 1. The van der Waals surface area contributed by atoms with Gasteiger partial charge in [0.05, 0.1) is 5.56 Å². The van der Waals surface area contributed by atoms with Crippen LogP contribution in [0.15, 0.2) is 41.3 Å². The summed E-state index contributed by atoms with van der Waals surface area (Å²) in [6, 6.07) is 4.69. The van der Waals surface area contributed by atoms with E-state index in [0.29, 0.717) is 4.47 Å². The number of nitrogens with zero attached hydrogens (tertiary/aromatic N) is 2. The minimum absolute atomic E-state index is 0.120. The van der Waals surface area contributed by atoms with Crippen LogP contribution in [-0.2, 0) is 0 Å². The highest BCUT2D eigenvalue weighted by Crippen LogP contribution is 2.14. The SMILES string of the molecule is O=C(On1cccc1)c1cc(Br)cnc1C(=O)O. The molecule has 0 aliphatic rings. The van der Waals surface area contributed by atoms with Gasteiger partial charge in [0.25, 0.3) is 0 Å². The van der Waals surface area contributed by atoms with E-state index in [0.717, 1.165) is 0 Å². The molecule has 92 valence electrons. The van der Waals surface area contributed by atoms with E-state index >= 15 is 0 Å². The standard InChI is InChI=1S/C11H7BrN2O4/c12-7-5-8(9(10(15)16)13-6-7)11(17)18-14-3-1-2-4-14/h1-6H,(H,15,16). The number of carbonyl (C=O) groups excluding carboxylic acids is 1. The van der Waals surface area contributed by atoms with Crippen molar-refractivity contribution in [3.8, 4) is 0 Å². The first-order valence-electron chi connectivity index (χ1n) is 4.82. The average Bonchev–Trinajstić information content (AvgIpc) is 2.81. The number of hydrogen-bond donors (Lipinski definition) is 1. The third-order valence-electron chi connectivity index (χ3n) is 2.04. The molecular formula is C11H7BrN2O4. The summed E-state index contributed by atoms with van der Waals surface area (Å²) < 4.78 is 1.67. The summed E-state index contributed by atoms with van der Waals surface area (Å²) >= 11 is 3.12. The van der Waals surface area contributed by atoms with E-state index in [1.54, 1.807) is 12.1 Å². The number of pyridine rings is 1. The van der Waals surface area contributed by atoms with Crippen LogP contribution in [0.25, 0.3) is 0 Å². The van der Waals surface area contributed by atoms with Crippen LogP contribution in [0.1, 0.15) is 20.8 Å². The van der Waals surface area contributed by atoms with Crippen LogP contribution in [0, 0.1) is 0 Å². The zero-order chi connectivity index (χ0) is 13.1. The molecule has 2 rings (SSSR count). The Morgan fingerprint density at radius 1 is 1.33 bits per heavy atom. The van der Waals surface area contributed by atoms with Crippen molar-refractivity contribution < 1.29 is 19.5 Å². The van der Waals surface area contributed by atoms with Crippen LogP contribution in [0.2, 0.25) is 0 Å². The molecule has 0 spiro atoms. The lowest BCUT2D eigenvalue weighted by Gasteiger charge is -2.06. The third-order valence-corrected chi connectivity index (χ3v) is 2.48. The number of carbonyl (C=O) groups is 2. The number of halogens is 1. The monoisotopic (exact) mass is 310 g/mol. The highest BCUT2D eigenvalue weighted by atomic mass is 79.9. The molecule has 2 aromatic rings. The second kappa shape index (κ2) is 5.01. The van der Waals surface area contributed by atoms with Gasteiger partial charge in [0.15, 0.2) is 5.69 Å². The highest BCUT2D eigenvalue weighted by Gasteiger charge is 2.20. The Morgan fingerprint density at radius 3 is 2.61 bits per heavy atom. The van der Waals surface area contributed by atoms with E-state index in [9.17, 15) is 9.59 Å². The molecule has 0 atom stereocenters. The second-order valence-corrected chi connectivity index (χ2v) is 4.19. The molecule has 0 aliphatic heterocycles. The Morgan fingerprint density at radius 2 is 2.00 bits per heavy atom. The smallest absolute Gasteiger partial charge is 0.366 e. The van der Waals surface area contributed by atoms with Crippen LogP contribution >= 0.6 is 15.9 Å². The first kappa shape index (κ1) is 12.3. The second-order valence-electron chi connectivity index (χ2n) is 3.28. The fourth-order valence-electron chi connectivity index (χ4n) is 1.29. The van der Waals surface area contributed by atoms with Crippen molar-refractivity contribution in [2.24, 2.45) is 0 Å². The van der Waals surface area contributed by atoms with Gasteiger partial charge in [0.1, 0.15) is 0 Å². The van der Waals surface area contributed by atoms with Crippen LogP contribution in [-0.4, -0.2) is 26.8 Å². The Hall–Kier alpha value is -2.15. The molecule has 1 N–H and O–H groups in total. The van der Waals surface area contributed by atoms with E-state index < -0.39 is 11.9 Å². The lowest BCUT2D eigenvalue weighted by molar-refractivity contribution is 0.0453. The van der Waals surface area contributed by atoms with Gasteiger partial charge in [-0.1, -0.05) is 0 Å². The third kappa shape index (κ3) is 2.57. The summed E-state index contributed by atoms with van der Waals surface area (Å²) in [7, 11) is 0. The molecule has 0 bridgehead atoms. The molecule has 0 fully saturated rings. The fraction of sp³-hybridized carbons (Fsp3) is 0. The van der Waals surface area contributed by atoms with Gasteiger partial charge in [-0.15, -0.1) is 0 Å². The van der Waals surface area contributed by atoms with E-state index in [2.05, 4.69) is 20.9 Å². The van der Waals surface area contributed by atoms with Gasteiger partial charge >= 0.3 is 11.9 Å². The molecule has 0 saturated carbocycles. The van der Waals surface area contributed by atoms with Gasteiger partial charge in [-0.05, 0) is 34.1 Å². The van der Waals surface area contributed by atoms with Gasteiger partial charge in [-0.3, -0.25) is 0 Å². The van der Waals surface area contributed by atoms with E-state index in [4.69, 9.17) is 9.94 Å². The van der Waals surface area contributed by atoms with Crippen molar-refractivity contribution in [2.45, 2.75) is 0 Å². The number of carboxylic acids is 1. The zero-order valence-corrected chi connectivity index (χ0v) is 10.5. The average molecular weight is 311 g/mol. The molecule has 0 amide bonds. The van der Waals surface area contributed by atoms with Crippen LogP contribution in [0.5, 0.6) is 0 Å². The Labute approximate surface area is 110 Å². The molecule has 7 heteroatoms. The molecule has 2 heterocycles. The Kier molecular flexibility index (Phi) is 3.42. The van der Waals surface area contributed by atoms with Gasteiger partial charge < -0.3 is 9.94 Å². The van der Waals surface area contributed by atoms with Crippen LogP contribution in [0.3, 0.4) is 0 Å². The minimum Gasteiger partial charge on any atom is -0.476 e. The fourth-order valence-corrected chi connectivity index (χ4v) is 1.62. The van der Waals surface area contributed by atoms with Crippen molar-refractivity contribution in [2.75, 3.05) is 0 Å². The number of hydrogen-bond acceptors (Lipinski definition) is 4. The maximum absolute atomic E-state index is 11.8. The molecule has 0 saturated heterocycles. The predicted molar refractivity (Wildman–Crippen MR) is 64.2 cm³/mol. The molecule has 0 radical (unpaired) electrons. The quantitative estimate of drug-likeness (QED) is 0.931. The van der Waals surface area contributed by atoms with Crippen molar-refractivity contribution in [3.63, 3.8) is 0 Å². The van der Waals surface area contributed by atoms with Gasteiger partial charge in [-0.2, -0.15) is 4.73 Å². The van der Waals surface area contributed by atoms with Crippen LogP contribution < -0.4 is 4.84 Å². The van der Waals surface area contributed by atoms with Crippen molar-refractivity contribution in [3.05, 3.63) is 52.5 Å². The largest absolute Gasteiger partial charge is 0.476 e. The van der Waals surface area contributed by atoms with Crippen molar-refractivity contribution in [1.29, 1.82) is 0 Å². The number of carboxylic acid groups (broad SMARTS) is 1. The summed E-state index contributed by atoms with van der Waals surface area (Å²) in [5, 5.41) is 8.94. The van der Waals surface area contributed by atoms with Crippen molar-refractivity contribution >= 4 is 27.9 Å². The summed E-state index contributed by atoms with van der Waals surface area (Å²) in [5.41, 5.74) is -0.471. The van der Waals surface area contributed by atoms with Gasteiger partial charge in [-0.25, -0.2) is 14.6 Å². The molecule has 0 aliphatic carbocycles. The number of rotatable bonds is 3. The summed E-state index contributed by atoms with van der Waals surface area (Å²) in [5.74, 6) is -2.08. The molecule has 2 aromatic heterocycles. The van der Waals surface area contributed by atoms with Gasteiger partial charge in [0, 0.05) is 23.1 Å². The molecule has 0 aromatic carbocycles. The Balaban J connectivity index is 2.34. The lowest BCUT2D eigenvalue weighted by atomic mass is 10.2. The number of aromatic nitrogens is 2. The maximum Gasteiger partial charge on any atom is 0.366 e. The van der Waals surface area contributed by atoms with Crippen molar-refractivity contribution in [1.82, 2.24) is 9.71 Å². The summed E-state index contributed by atoms with van der Waals surface area (Å²) in [4.78, 5) is 31.4. The van der Waals surface area contributed by atoms with Crippen LogP contribution in [0.4, 0.5) is 0 Å². The van der Waals surface area contributed by atoms with E-state index in [-0.39, 0.29) is 11.3 Å². The van der Waals surface area contributed by atoms with Gasteiger partial charge in [0.2, 0.25) is 0 Å². The molecular weight excluding hydrogens is 304 g/mol. The molecule has 18 heavy (non-hydrogen) atoms. The zero-order valence-electron chi connectivity index (χ0n) is 8.91. The van der Waals surface area contributed by atoms with E-state index in [1.807, 2.05) is 0 Å².